The number of halogens is 14. The maximum absolute atomic E-state index is 6.31. The number of furan rings is 1. The molecular weight excluding hydrogens is 2360 g/mol. The van der Waals surface area contributed by atoms with E-state index in [2.05, 4.69) is 108 Å². The van der Waals surface area contributed by atoms with Crippen LogP contribution >= 0.6 is 197 Å². The van der Waals surface area contributed by atoms with Crippen molar-refractivity contribution in [1.82, 2.24) is 9.97 Å². The normalized spacial score (nSPS) is 32.1. The van der Waals surface area contributed by atoms with Gasteiger partial charge in [-0.3, -0.25) is 0 Å². The SMILES string of the molecule is [B]C1C(Cl)CC(Cl)C1CC#CCO[CH2-].[B]C1C(Cl)CC(Cl)C1CCCc1cc[c-]o1.[B]C1C(Cl)CC(Cl)C1CCCc1nc[c-]s1.[B]C1C(Cl)CC(Cl)C1CCSc1n[c-]cs1.[B]C1C(Cl)CC(Cl)C1CCc1cc[c-]cc1.[B]C1C(Cl)CC(Cl)C1Cc1cccc(C[CH2-])c1.[B]C1C(Cl)CC(Cl)C1Cc1cccc(O[CH2-])c1.[Y].[Y].[Y].[Y].[Y].[Y].[Y]. The van der Waals surface area contributed by atoms with Crippen molar-refractivity contribution in [3.05, 3.63) is 175 Å². The minimum Gasteiger partial charge on any atom is -0.665 e. The first kappa shape index (κ1) is 127. The zero-order chi connectivity index (χ0) is 81.6. The summed E-state index contributed by atoms with van der Waals surface area (Å²) in [7, 11) is 48.8. The fourth-order valence-corrected chi connectivity index (χ4v) is 24.2. The van der Waals surface area contributed by atoms with E-state index in [4.69, 9.17) is 226 Å². The molecular formula is C83H94B7Cl14N2O3S3Y7-7. The predicted molar refractivity (Wildman–Crippen MR) is 492 cm³/mol. The number of thiazole rings is 2. The van der Waals surface area contributed by atoms with E-state index in [9.17, 15) is 0 Å². The molecule has 7 aliphatic rings. The Kier molecular flexibility index (Phi) is 74.6. The Morgan fingerprint density at radius 1 is 0.471 bits per heavy atom. The number of nitrogens with zero attached hydrogens (tertiary/aromatic N) is 2. The molecule has 7 aliphatic carbocycles. The van der Waals surface area contributed by atoms with E-state index in [0.29, 0.717) is 36.7 Å². The van der Waals surface area contributed by atoms with Crippen LogP contribution in [-0.2, 0) is 272 Å². The molecule has 3 aromatic heterocycles. The van der Waals surface area contributed by atoms with Gasteiger partial charge in [-0.2, -0.15) is 72.6 Å². The van der Waals surface area contributed by atoms with Crippen LogP contribution in [0.1, 0.15) is 123 Å². The van der Waals surface area contributed by atoms with Crippen molar-refractivity contribution in [2.75, 3.05) is 12.4 Å². The molecule has 0 saturated heterocycles. The molecule has 3 aromatic carbocycles. The summed E-state index contributed by atoms with van der Waals surface area (Å²) >= 11 is 91.3. The Hall–Kier alpha value is 8.11. The molecule has 119 heavy (non-hydrogen) atoms. The maximum Gasteiger partial charge on any atom is 0.0845 e. The quantitative estimate of drug-likeness (QED) is 0.0209. The van der Waals surface area contributed by atoms with Gasteiger partial charge in [0.2, 0.25) is 0 Å². The van der Waals surface area contributed by atoms with Gasteiger partial charge in [-0.05, 0) is 152 Å². The first-order valence-corrected chi connectivity index (χ1v) is 47.0. The second-order valence-electron chi connectivity index (χ2n) is 29.7. The van der Waals surface area contributed by atoms with E-state index in [1.54, 1.807) is 46.7 Å². The number of hydrogen-bond acceptors (Lipinski definition) is 8. The van der Waals surface area contributed by atoms with Gasteiger partial charge in [-0.25, -0.2) is 18.4 Å². The van der Waals surface area contributed by atoms with Crippen LogP contribution in [-0.4, -0.2) is 153 Å². The van der Waals surface area contributed by atoms with E-state index in [0.717, 1.165) is 154 Å². The van der Waals surface area contributed by atoms with Gasteiger partial charge in [-0.15, -0.1) is 181 Å². The predicted octanol–water partition coefficient (Wildman–Crippen LogP) is 24.0. The third kappa shape index (κ3) is 44.0. The van der Waals surface area contributed by atoms with Crippen molar-refractivity contribution in [3.63, 3.8) is 0 Å². The van der Waals surface area contributed by atoms with Gasteiger partial charge in [0, 0.05) is 311 Å². The van der Waals surface area contributed by atoms with Crippen molar-refractivity contribution in [2.24, 2.45) is 41.4 Å². The summed E-state index contributed by atoms with van der Waals surface area (Å²) in [6.07, 6.45) is 25.2. The minimum absolute atomic E-state index is 0. The number of ether oxygens (including phenoxy) is 2. The average molecular weight is 2460 g/mol. The monoisotopic (exact) mass is 2450 g/mol. The Balaban J connectivity index is 0.00000135. The van der Waals surface area contributed by atoms with Crippen molar-refractivity contribution < 1.29 is 243 Å². The summed E-state index contributed by atoms with van der Waals surface area (Å²) in [5.41, 5.74) is 5.00. The van der Waals surface area contributed by atoms with Crippen molar-refractivity contribution >= 4 is 252 Å². The molecule has 6 aromatic rings. The van der Waals surface area contributed by atoms with Crippen molar-refractivity contribution in [2.45, 2.75) is 249 Å². The van der Waals surface area contributed by atoms with Gasteiger partial charge >= 0.3 is 0 Å². The second kappa shape index (κ2) is 69.8. The largest absolute Gasteiger partial charge is 0.665 e. The van der Waals surface area contributed by atoms with Crippen molar-refractivity contribution in [1.29, 1.82) is 0 Å². The van der Waals surface area contributed by atoms with Crippen molar-refractivity contribution in [3.8, 4) is 17.6 Å². The zero-order valence-electron chi connectivity index (χ0n) is 66.8. The first-order chi connectivity index (χ1) is 53.6. The van der Waals surface area contributed by atoms with Crippen LogP contribution in [0.4, 0.5) is 0 Å². The van der Waals surface area contributed by atoms with Gasteiger partial charge < -0.3 is 42.1 Å². The van der Waals surface area contributed by atoms with Crippen LogP contribution in [0.2, 0.25) is 40.7 Å². The number of aromatic nitrogens is 2. The number of benzene rings is 3. The summed E-state index contributed by atoms with van der Waals surface area (Å²) in [5, 5.41) is 6.83. The zero-order valence-corrected chi connectivity index (χ0v) is 99.7. The van der Waals surface area contributed by atoms with E-state index in [1.807, 2.05) is 47.8 Å². The van der Waals surface area contributed by atoms with Crippen LogP contribution in [0.25, 0.3) is 0 Å². The van der Waals surface area contributed by atoms with E-state index < -0.39 is 0 Å². The van der Waals surface area contributed by atoms with Crippen LogP contribution in [0, 0.1) is 98.3 Å². The molecule has 7 fully saturated rings. The van der Waals surface area contributed by atoms with Crippen LogP contribution in [0.5, 0.6) is 5.75 Å². The average Bonchev–Trinajstić information content (AvgIpc) is 1.73. The van der Waals surface area contributed by atoms with Gasteiger partial charge in [0.1, 0.15) is 0 Å². The van der Waals surface area contributed by atoms with Crippen LogP contribution < -0.4 is 4.74 Å². The molecule has 13 rings (SSSR count). The maximum atomic E-state index is 6.31. The van der Waals surface area contributed by atoms with Crippen LogP contribution in [0.15, 0.2) is 105 Å². The number of aryl methyl sites for hydroxylation is 3. The third-order valence-corrected chi connectivity index (χ3v) is 31.7. The summed E-state index contributed by atoms with van der Waals surface area (Å²) in [5.74, 6) is 10.6. The molecule has 7 saturated carbocycles. The molecule has 5 nitrogen and oxygen atoms in total. The third-order valence-electron chi connectivity index (χ3n) is 22.2. The van der Waals surface area contributed by atoms with Gasteiger partial charge in [-0.1, -0.05) is 156 Å². The number of alkyl halides is 14. The Morgan fingerprint density at radius 2 is 0.899 bits per heavy atom. The molecule has 0 N–H and O–H groups in total. The summed E-state index contributed by atoms with van der Waals surface area (Å²) in [4.78, 5) is 8.31. The Morgan fingerprint density at radius 3 is 1.30 bits per heavy atom. The topological polar surface area (TPSA) is 57.4 Å². The summed E-state index contributed by atoms with van der Waals surface area (Å²) < 4.78 is 15.7. The van der Waals surface area contributed by atoms with Gasteiger partial charge in [0.15, 0.2) is 0 Å². The van der Waals surface area contributed by atoms with E-state index in [1.165, 1.54) is 16.7 Å². The van der Waals surface area contributed by atoms with E-state index in [-0.39, 0.29) is 363 Å². The molecule has 3 heterocycles. The number of hydrogen-bond donors (Lipinski definition) is 0. The minimum atomic E-state index is -0.0471. The number of rotatable bonds is 23. The molecule has 0 aliphatic heterocycles. The number of thioether (sulfide) groups is 1. The molecule has 21 radical (unpaired) electrons. The van der Waals surface area contributed by atoms with E-state index >= 15 is 0 Å². The molecule has 0 amide bonds. The smallest absolute Gasteiger partial charge is 0.0845 e. The molecule has 0 spiro atoms. The summed E-state index contributed by atoms with van der Waals surface area (Å²) in [6, 6.07) is 31.1. The molecule has 36 heteroatoms. The molecule has 0 bridgehead atoms. The first-order valence-electron chi connectivity index (χ1n) is 38.2. The Labute approximate surface area is 982 Å². The fourth-order valence-electron chi connectivity index (χ4n) is 15.4. The summed E-state index contributed by atoms with van der Waals surface area (Å²) in [6.45, 7) is 4.25. The Bertz CT molecular complexity index is 3390. The van der Waals surface area contributed by atoms with Gasteiger partial charge in [0.05, 0.1) is 67.3 Å². The molecule has 28 unspecified atom stereocenters. The fraction of sp³-hybridized carbons (Fsp3) is 0.602. The van der Waals surface area contributed by atoms with Gasteiger partial charge in [0.25, 0.3) is 0 Å². The molecule has 619 valence electrons. The van der Waals surface area contributed by atoms with Crippen LogP contribution in [0.3, 0.4) is 0 Å². The second-order valence-corrected chi connectivity index (χ2v) is 40.7. The standard InChI is InChI=1S/C14H16BCl2.C13H14BCl2O.C13H14BCl2.C12H14BCl2O.C11H13BCl2NS.C10H11BCl2NS2.C10H12BCl2O.7Y/c1-2-9-4-3-5-10(6-9)7-11-12(16)8-13(17)14(11)15;1-17-9-4-2-3-8(5-9)6-10-11(15)7-12(16)13(10)14;14-13-10(11(15)8-12(13)16)7-6-9-4-2-1-3-5-9;13-12-9(10(14)7-11(12)15)5-1-3-8-4-2-6-16-8;12-11-7(8(13)6-9(11)14)2-1-3-10-15-4-5-16-10;11-9-6(7(12)5-8(9)13)1-3-15-10-14-2-4-16-10;1-14-5-3-2-4-7-8(12)6-9(13)10(7)11;;;;;;;/h3-6,11-14H,1-2,7-8H2;2-5,10-13H,1,6-7H2;2-5,10-13H,6-8H2;2,4,9-12H,1,3,5,7H2;4,7-9,11H,1-3,6H2;4,6-9H,1,3,5H2;7-10H,1,4-6H2;;;;;;;/q7*-1;;;;;;;. The molecule has 28 atom stereocenters.